The van der Waals surface area contributed by atoms with Gasteiger partial charge in [0.1, 0.15) is 0 Å². The van der Waals surface area contributed by atoms with Crippen LogP contribution in [0, 0.1) is 11.8 Å². The monoisotopic (exact) mass is 501 g/mol. The average molecular weight is 502 g/mol. The van der Waals surface area contributed by atoms with Crippen LogP contribution in [0.2, 0.25) is 5.02 Å². The minimum Gasteiger partial charge on any atom is -0.369 e. The molecule has 5 rings (SSSR count). The number of likely N-dealkylation sites (N-methyl/N-ethyl adjacent to an activating group) is 1. The number of amides is 1. The van der Waals surface area contributed by atoms with Crippen molar-refractivity contribution in [3.8, 4) is 11.1 Å². The van der Waals surface area contributed by atoms with Crippen LogP contribution < -0.4 is 5.73 Å². The number of fused-ring (bicyclic) bond motifs is 2. The minimum atomic E-state index is -2.31. The number of alkyl halides is 2. The summed E-state index contributed by atoms with van der Waals surface area (Å²) in [6, 6.07) is 8.02. The Morgan fingerprint density at radius 2 is 1.94 bits per heavy atom. The lowest BCUT2D eigenvalue weighted by atomic mass is 9.65. The molecular weight excluding hydrogens is 472 g/mol. The summed E-state index contributed by atoms with van der Waals surface area (Å²) < 4.78 is 25.6. The summed E-state index contributed by atoms with van der Waals surface area (Å²) in [7, 11) is 1.68. The molecule has 1 aliphatic carbocycles. The van der Waals surface area contributed by atoms with Gasteiger partial charge in [-0.25, -0.2) is 13.8 Å². The van der Waals surface area contributed by atoms with Crippen LogP contribution >= 0.6 is 11.6 Å². The minimum absolute atomic E-state index is 0.00890. The Balaban J connectivity index is 1.48. The second kappa shape index (κ2) is 9.47. The first kappa shape index (κ1) is 24.1. The number of carbonyl (C=O) groups is 1. The number of guanidine groups is 1. The number of aliphatic imine (C=N–C) groups is 1. The fourth-order valence-corrected chi connectivity index (χ4v) is 6.23. The standard InChI is InChI=1S/C26H30ClF2N5O/c1-33-24(35)26(32-25(33)30)20(10-16-6-8-34(9-7-16)15-23(28)29)5-4-17-2-3-18(12-22(17)26)19-11-21(27)14-31-13-19/h2-3,11-14,16,20,23H,4-10,15H2,1H3,(H2,30,32). The summed E-state index contributed by atoms with van der Waals surface area (Å²) in [6.07, 6.45) is 5.25. The molecule has 1 amide bonds. The van der Waals surface area contributed by atoms with Gasteiger partial charge in [-0.05, 0) is 85.9 Å². The highest BCUT2D eigenvalue weighted by molar-refractivity contribution is 6.30. The number of nitrogens with zero attached hydrogens (tertiary/aromatic N) is 4. The van der Waals surface area contributed by atoms with Crippen molar-refractivity contribution < 1.29 is 13.6 Å². The number of hydrogen-bond acceptors (Lipinski definition) is 5. The first-order valence-corrected chi connectivity index (χ1v) is 12.5. The van der Waals surface area contributed by atoms with Crippen molar-refractivity contribution in [2.75, 3.05) is 26.7 Å². The van der Waals surface area contributed by atoms with Crippen LogP contribution in [0.15, 0.2) is 41.7 Å². The molecule has 3 aliphatic rings. The van der Waals surface area contributed by atoms with Gasteiger partial charge in [-0.2, -0.15) is 0 Å². The van der Waals surface area contributed by atoms with Crippen LogP contribution in [0.3, 0.4) is 0 Å². The Bertz CT molecular complexity index is 1150. The number of likely N-dealkylation sites (tertiary alicyclic amines) is 1. The van der Waals surface area contributed by atoms with Gasteiger partial charge < -0.3 is 5.73 Å². The number of piperidine rings is 1. The van der Waals surface area contributed by atoms with E-state index in [0.717, 1.165) is 54.4 Å². The number of halogens is 3. The molecule has 2 atom stereocenters. The van der Waals surface area contributed by atoms with Crippen LogP contribution in [-0.4, -0.2) is 59.8 Å². The summed E-state index contributed by atoms with van der Waals surface area (Å²) in [5.41, 5.74) is 8.96. The second-order valence-electron chi connectivity index (χ2n) is 9.97. The summed E-state index contributed by atoms with van der Waals surface area (Å²) in [6.45, 7) is 1.16. The van der Waals surface area contributed by atoms with E-state index in [1.807, 2.05) is 23.1 Å². The van der Waals surface area contributed by atoms with Crippen LogP contribution in [0.1, 0.15) is 36.8 Å². The van der Waals surface area contributed by atoms with Gasteiger partial charge in [0, 0.05) is 25.0 Å². The summed E-state index contributed by atoms with van der Waals surface area (Å²) >= 11 is 6.18. The van der Waals surface area contributed by atoms with E-state index in [9.17, 15) is 13.6 Å². The molecule has 1 aromatic carbocycles. The van der Waals surface area contributed by atoms with Crippen molar-refractivity contribution in [3.05, 3.63) is 52.8 Å². The molecule has 2 aromatic rings. The molecule has 9 heteroatoms. The highest BCUT2D eigenvalue weighted by Gasteiger charge is 2.56. The molecule has 6 nitrogen and oxygen atoms in total. The van der Waals surface area contributed by atoms with Crippen LogP contribution in [0.5, 0.6) is 0 Å². The Labute approximate surface area is 209 Å². The smallest absolute Gasteiger partial charge is 0.261 e. The Hall–Kier alpha value is -2.58. The predicted molar refractivity (Wildman–Crippen MR) is 132 cm³/mol. The molecule has 1 fully saturated rings. The van der Waals surface area contributed by atoms with E-state index in [2.05, 4.69) is 11.1 Å². The number of nitrogens with two attached hydrogens (primary N) is 1. The molecule has 0 radical (unpaired) electrons. The predicted octanol–water partition coefficient (Wildman–Crippen LogP) is 4.31. The van der Waals surface area contributed by atoms with Gasteiger partial charge in [0.2, 0.25) is 0 Å². The van der Waals surface area contributed by atoms with Crippen LogP contribution in [0.25, 0.3) is 11.1 Å². The zero-order valence-electron chi connectivity index (χ0n) is 19.8. The lowest BCUT2D eigenvalue weighted by molar-refractivity contribution is -0.133. The normalized spacial score (nSPS) is 25.4. The zero-order valence-corrected chi connectivity index (χ0v) is 20.5. The molecule has 35 heavy (non-hydrogen) atoms. The number of benzene rings is 1. The summed E-state index contributed by atoms with van der Waals surface area (Å²) in [5.74, 6) is 0.486. The molecule has 2 aliphatic heterocycles. The maximum absolute atomic E-state index is 13.8. The van der Waals surface area contributed by atoms with E-state index < -0.39 is 12.0 Å². The van der Waals surface area contributed by atoms with E-state index in [1.54, 1.807) is 19.4 Å². The van der Waals surface area contributed by atoms with Crippen LogP contribution in [0.4, 0.5) is 8.78 Å². The lowest BCUT2D eigenvalue weighted by Gasteiger charge is -2.42. The largest absolute Gasteiger partial charge is 0.369 e. The van der Waals surface area contributed by atoms with E-state index in [-0.39, 0.29) is 24.3 Å². The first-order chi connectivity index (χ1) is 16.8. The quantitative estimate of drug-likeness (QED) is 0.662. The highest BCUT2D eigenvalue weighted by Crippen LogP contribution is 2.50. The van der Waals surface area contributed by atoms with Gasteiger partial charge in [0.25, 0.3) is 12.3 Å². The maximum Gasteiger partial charge on any atom is 0.261 e. The summed E-state index contributed by atoms with van der Waals surface area (Å²) in [5, 5.41) is 0.546. The van der Waals surface area contributed by atoms with Gasteiger partial charge in [-0.3, -0.25) is 19.6 Å². The SMILES string of the molecule is CN1C(=O)C2(N=C1N)c1cc(-c3cncc(Cl)c3)ccc1CCC2CC1CCN(CC(F)F)CC1. The number of pyridine rings is 1. The molecule has 1 saturated heterocycles. The molecule has 3 heterocycles. The zero-order chi connectivity index (χ0) is 24.7. The molecule has 0 saturated carbocycles. The number of rotatable bonds is 5. The van der Waals surface area contributed by atoms with Gasteiger partial charge in [-0.1, -0.05) is 23.7 Å². The number of aromatic nitrogens is 1. The fraction of sp³-hybridized carbons (Fsp3) is 0.500. The highest BCUT2D eigenvalue weighted by atomic mass is 35.5. The van der Waals surface area contributed by atoms with Crippen LogP contribution in [-0.2, 0) is 16.8 Å². The van der Waals surface area contributed by atoms with E-state index in [4.69, 9.17) is 22.3 Å². The van der Waals surface area contributed by atoms with Gasteiger partial charge in [0.05, 0.1) is 11.6 Å². The third-order valence-corrected chi connectivity index (χ3v) is 8.10. The van der Waals surface area contributed by atoms with Crippen molar-refractivity contribution in [1.29, 1.82) is 0 Å². The fourth-order valence-electron chi connectivity index (χ4n) is 6.05. The number of hydrogen-bond donors (Lipinski definition) is 1. The topological polar surface area (TPSA) is 74.8 Å². The van der Waals surface area contributed by atoms with Crippen molar-refractivity contribution in [2.24, 2.45) is 22.6 Å². The third kappa shape index (κ3) is 4.42. The molecular formula is C26H30ClF2N5O. The molecule has 2 unspecified atom stereocenters. The summed E-state index contributed by atoms with van der Waals surface area (Å²) in [4.78, 5) is 26.2. The molecule has 1 spiro atoms. The molecule has 2 N–H and O–H groups in total. The van der Waals surface area contributed by atoms with Gasteiger partial charge in [0.15, 0.2) is 11.5 Å². The number of aryl methyl sites for hydroxylation is 1. The van der Waals surface area contributed by atoms with E-state index in [1.165, 1.54) is 4.90 Å². The second-order valence-corrected chi connectivity index (χ2v) is 10.4. The Morgan fingerprint density at radius 1 is 1.17 bits per heavy atom. The molecule has 0 bridgehead atoms. The Morgan fingerprint density at radius 3 is 2.60 bits per heavy atom. The average Bonchev–Trinajstić information content (AvgIpc) is 3.06. The van der Waals surface area contributed by atoms with Crippen molar-refractivity contribution >= 4 is 23.5 Å². The third-order valence-electron chi connectivity index (χ3n) is 7.90. The van der Waals surface area contributed by atoms with Crippen molar-refractivity contribution in [1.82, 2.24) is 14.8 Å². The molecule has 1 aromatic heterocycles. The molecule has 186 valence electrons. The Kier molecular flexibility index (Phi) is 6.53. The lowest BCUT2D eigenvalue weighted by Crippen LogP contribution is -2.48. The van der Waals surface area contributed by atoms with Crippen molar-refractivity contribution in [2.45, 2.75) is 44.1 Å². The maximum atomic E-state index is 13.8. The van der Waals surface area contributed by atoms with E-state index in [0.29, 0.717) is 24.0 Å². The van der Waals surface area contributed by atoms with Gasteiger partial charge >= 0.3 is 0 Å². The number of carbonyl (C=O) groups excluding carboxylic acids is 1. The van der Waals surface area contributed by atoms with Gasteiger partial charge in [-0.15, -0.1) is 0 Å². The van der Waals surface area contributed by atoms with Crippen molar-refractivity contribution in [3.63, 3.8) is 0 Å². The van der Waals surface area contributed by atoms with E-state index >= 15 is 0 Å². The first-order valence-electron chi connectivity index (χ1n) is 12.2.